The zero-order chi connectivity index (χ0) is 13.8. The lowest BCUT2D eigenvalue weighted by Crippen LogP contribution is -2.45. The molecule has 1 heterocycles. The molecule has 2 rings (SSSR count). The Balaban J connectivity index is 2.25. The van der Waals surface area contributed by atoms with Gasteiger partial charge < -0.3 is 15.3 Å². The molecular weight excluding hydrogens is 308 g/mol. The second-order valence-electron chi connectivity index (χ2n) is 4.89. The zero-order valence-electron chi connectivity index (χ0n) is 11.0. The minimum atomic E-state index is -0.304. The van der Waals surface area contributed by atoms with Gasteiger partial charge in [0.2, 0.25) is 5.91 Å². The molecular formula is C14H19BrN2O2. The predicted octanol–water partition coefficient (Wildman–Crippen LogP) is 1.91. The summed E-state index contributed by atoms with van der Waals surface area (Å²) in [4.78, 5) is 14.3. The summed E-state index contributed by atoms with van der Waals surface area (Å²) in [5.74, 6) is 0.0384. The highest BCUT2D eigenvalue weighted by Gasteiger charge is 2.29. The highest BCUT2D eigenvalue weighted by Crippen LogP contribution is 2.23. The lowest BCUT2D eigenvalue weighted by atomic mass is 10.1. The molecule has 1 amide bonds. The maximum Gasteiger partial charge on any atom is 0.244 e. The highest BCUT2D eigenvalue weighted by atomic mass is 79.9. The molecule has 2 unspecified atom stereocenters. The van der Waals surface area contributed by atoms with Crippen LogP contribution in [0.4, 0.5) is 5.69 Å². The SMILES string of the molecule is CC1CCN(c2cccc(Br)c2)C(=O)C(CCO)N1. The molecule has 0 bridgehead atoms. The van der Waals surface area contributed by atoms with Crippen molar-refractivity contribution in [2.45, 2.75) is 31.8 Å². The van der Waals surface area contributed by atoms with Crippen molar-refractivity contribution in [3.63, 3.8) is 0 Å². The van der Waals surface area contributed by atoms with Crippen LogP contribution in [0.1, 0.15) is 19.8 Å². The molecule has 1 aliphatic heterocycles. The molecule has 0 saturated carbocycles. The molecule has 104 valence electrons. The number of aliphatic hydroxyl groups is 1. The topological polar surface area (TPSA) is 52.6 Å². The van der Waals surface area contributed by atoms with Gasteiger partial charge in [0.05, 0.1) is 6.04 Å². The lowest BCUT2D eigenvalue weighted by molar-refractivity contribution is -0.120. The zero-order valence-corrected chi connectivity index (χ0v) is 12.6. The number of halogens is 1. The average molecular weight is 327 g/mol. The smallest absolute Gasteiger partial charge is 0.244 e. The summed E-state index contributed by atoms with van der Waals surface area (Å²) in [6.07, 6.45) is 1.36. The number of carbonyl (C=O) groups is 1. The summed E-state index contributed by atoms with van der Waals surface area (Å²) in [6.45, 7) is 2.79. The van der Waals surface area contributed by atoms with E-state index in [9.17, 15) is 4.79 Å². The van der Waals surface area contributed by atoms with Crippen LogP contribution in [0, 0.1) is 0 Å². The maximum absolute atomic E-state index is 12.5. The molecule has 0 aliphatic carbocycles. The number of aliphatic hydroxyl groups excluding tert-OH is 1. The van der Waals surface area contributed by atoms with Crippen molar-refractivity contribution in [1.82, 2.24) is 5.32 Å². The number of anilines is 1. The minimum absolute atomic E-state index is 0.0163. The van der Waals surface area contributed by atoms with E-state index < -0.39 is 0 Å². The third-order valence-corrected chi connectivity index (χ3v) is 3.87. The first kappa shape index (κ1) is 14.5. The van der Waals surface area contributed by atoms with Crippen LogP contribution < -0.4 is 10.2 Å². The Kier molecular flexibility index (Phi) is 4.96. The Bertz CT molecular complexity index is 453. The van der Waals surface area contributed by atoms with E-state index >= 15 is 0 Å². The van der Waals surface area contributed by atoms with Crippen molar-refractivity contribution >= 4 is 27.5 Å². The molecule has 1 aliphatic rings. The molecule has 5 heteroatoms. The monoisotopic (exact) mass is 326 g/mol. The molecule has 2 N–H and O–H groups in total. The van der Waals surface area contributed by atoms with Crippen molar-refractivity contribution < 1.29 is 9.90 Å². The van der Waals surface area contributed by atoms with Gasteiger partial charge in [-0.05, 0) is 38.0 Å². The number of rotatable bonds is 3. The van der Waals surface area contributed by atoms with E-state index in [1.165, 1.54) is 0 Å². The Morgan fingerprint density at radius 2 is 2.32 bits per heavy atom. The quantitative estimate of drug-likeness (QED) is 0.892. The largest absolute Gasteiger partial charge is 0.396 e. The fourth-order valence-electron chi connectivity index (χ4n) is 2.36. The average Bonchev–Trinajstić information content (AvgIpc) is 2.51. The molecule has 0 radical (unpaired) electrons. The molecule has 1 aromatic rings. The van der Waals surface area contributed by atoms with Crippen molar-refractivity contribution in [3.05, 3.63) is 28.7 Å². The Morgan fingerprint density at radius 3 is 3.00 bits per heavy atom. The number of amides is 1. The Labute approximate surface area is 121 Å². The van der Waals surface area contributed by atoms with Crippen molar-refractivity contribution in [1.29, 1.82) is 0 Å². The molecule has 19 heavy (non-hydrogen) atoms. The van der Waals surface area contributed by atoms with E-state index in [4.69, 9.17) is 5.11 Å². The van der Waals surface area contributed by atoms with E-state index in [-0.39, 0.29) is 24.6 Å². The fourth-order valence-corrected chi connectivity index (χ4v) is 2.74. The molecule has 1 saturated heterocycles. The number of hydrogen-bond donors (Lipinski definition) is 2. The molecule has 1 aromatic carbocycles. The van der Waals surface area contributed by atoms with E-state index in [0.717, 1.165) is 16.6 Å². The van der Waals surface area contributed by atoms with Gasteiger partial charge in [-0.3, -0.25) is 4.79 Å². The summed E-state index contributed by atoms with van der Waals surface area (Å²) in [7, 11) is 0. The lowest BCUT2D eigenvalue weighted by Gasteiger charge is -2.24. The summed E-state index contributed by atoms with van der Waals surface area (Å²) < 4.78 is 0.960. The molecule has 0 spiro atoms. The van der Waals surface area contributed by atoms with E-state index in [1.54, 1.807) is 0 Å². The maximum atomic E-state index is 12.5. The summed E-state index contributed by atoms with van der Waals surface area (Å²) in [5, 5.41) is 12.4. The third-order valence-electron chi connectivity index (χ3n) is 3.37. The van der Waals surface area contributed by atoms with Gasteiger partial charge in [-0.1, -0.05) is 22.0 Å². The second-order valence-corrected chi connectivity index (χ2v) is 5.81. The number of hydrogen-bond acceptors (Lipinski definition) is 3. The number of nitrogens with one attached hydrogen (secondary N) is 1. The number of carbonyl (C=O) groups excluding carboxylic acids is 1. The standard InChI is InChI=1S/C14H19BrN2O2/c1-10-5-7-17(12-4-2-3-11(15)9-12)14(19)13(16-10)6-8-18/h2-4,9-10,13,16,18H,5-8H2,1H3. The predicted molar refractivity (Wildman–Crippen MR) is 79.2 cm³/mol. The van der Waals surface area contributed by atoms with Gasteiger partial charge in [-0.15, -0.1) is 0 Å². The normalized spacial score (nSPS) is 24.4. The van der Waals surface area contributed by atoms with Crippen LogP contribution >= 0.6 is 15.9 Å². The van der Waals surface area contributed by atoms with Crippen LogP contribution in [0.15, 0.2) is 28.7 Å². The van der Waals surface area contributed by atoms with E-state index in [1.807, 2.05) is 29.2 Å². The van der Waals surface area contributed by atoms with Crippen molar-refractivity contribution in [3.8, 4) is 0 Å². The summed E-state index contributed by atoms with van der Waals surface area (Å²) >= 11 is 3.43. The van der Waals surface area contributed by atoms with Crippen LogP contribution in [0.3, 0.4) is 0 Å². The first-order valence-corrected chi connectivity index (χ1v) is 7.35. The van der Waals surface area contributed by atoms with Gasteiger partial charge in [-0.25, -0.2) is 0 Å². The molecule has 1 fully saturated rings. The molecule has 2 atom stereocenters. The fraction of sp³-hybridized carbons (Fsp3) is 0.500. The van der Waals surface area contributed by atoms with Gasteiger partial charge in [-0.2, -0.15) is 0 Å². The number of benzene rings is 1. The minimum Gasteiger partial charge on any atom is -0.396 e. The second kappa shape index (κ2) is 6.50. The van der Waals surface area contributed by atoms with Gasteiger partial charge >= 0.3 is 0 Å². The van der Waals surface area contributed by atoms with Gasteiger partial charge in [0.1, 0.15) is 0 Å². The van der Waals surface area contributed by atoms with Crippen LogP contribution in [0.2, 0.25) is 0 Å². The molecule has 0 aromatic heterocycles. The first-order chi connectivity index (χ1) is 9.11. The summed E-state index contributed by atoms with van der Waals surface area (Å²) in [5.41, 5.74) is 0.901. The number of nitrogens with zero attached hydrogens (tertiary/aromatic N) is 1. The van der Waals surface area contributed by atoms with Crippen LogP contribution in [-0.4, -0.2) is 36.2 Å². The van der Waals surface area contributed by atoms with Crippen LogP contribution in [0.5, 0.6) is 0 Å². The Morgan fingerprint density at radius 1 is 1.53 bits per heavy atom. The van der Waals surface area contributed by atoms with Gasteiger partial charge in [0.25, 0.3) is 0 Å². The summed E-state index contributed by atoms with van der Waals surface area (Å²) in [6, 6.07) is 7.73. The van der Waals surface area contributed by atoms with Crippen molar-refractivity contribution in [2.75, 3.05) is 18.1 Å². The third kappa shape index (κ3) is 3.55. The van der Waals surface area contributed by atoms with E-state index in [0.29, 0.717) is 13.0 Å². The van der Waals surface area contributed by atoms with Crippen LogP contribution in [-0.2, 0) is 4.79 Å². The van der Waals surface area contributed by atoms with Crippen molar-refractivity contribution in [2.24, 2.45) is 0 Å². The highest BCUT2D eigenvalue weighted by molar-refractivity contribution is 9.10. The molecule has 4 nitrogen and oxygen atoms in total. The Hall–Kier alpha value is -0.910. The van der Waals surface area contributed by atoms with Gasteiger partial charge in [0, 0.05) is 29.4 Å². The first-order valence-electron chi connectivity index (χ1n) is 6.55. The van der Waals surface area contributed by atoms with Gasteiger partial charge in [0.15, 0.2) is 0 Å². The van der Waals surface area contributed by atoms with E-state index in [2.05, 4.69) is 28.2 Å². The van der Waals surface area contributed by atoms with Crippen LogP contribution in [0.25, 0.3) is 0 Å².